The van der Waals surface area contributed by atoms with E-state index in [1.807, 2.05) is 0 Å². The number of piperidine rings is 1. The van der Waals surface area contributed by atoms with Crippen molar-refractivity contribution < 1.29 is 36.2 Å². The number of hydrogen-bond donors (Lipinski definition) is 1. The van der Waals surface area contributed by atoms with Crippen LogP contribution in [0, 0.1) is 11.7 Å². The van der Waals surface area contributed by atoms with E-state index in [-0.39, 0.29) is 13.1 Å². The van der Waals surface area contributed by atoms with Crippen molar-refractivity contribution in [3.63, 3.8) is 0 Å². The van der Waals surface area contributed by atoms with E-state index in [2.05, 4.69) is 4.74 Å². The second-order valence-corrected chi connectivity index (χ2v) is 6.92. The highest BCUT2D eigenvalue weighted by Crippen LogP contribution is 2.31. The molecule has 1 aliphatic heterocycles. The highest BCUT2D eigenvalue weighted by molar-refractivity contribution is 7.89. The molecule has 0 aromatic heterocycles. The van der Waals surface area contributed by atoms with Crippen LogP contribution in [0.2, 0.25) is 0 Å². The number of carbonyl (C=O) groups is 1. The fraction of sp³-hybridized carbons (Fsp3) is 0.462. The van der Waals surface area contributed by atoms with Gasteiger partial charge in [0.05, 0.1) is 5.92 Å². The minimum absolute atomic E-state index is 0.0245. The highest BCUT2D eigenvalue weighted by atomic mass is 32.2. The zero-order valence-electron chi connectivity index (χ0n) is 11.8. The van der Waals surface area contributed by atoms with Crippen LogP contribution in [0.15, 0.2) is 23.1 Å². The first-order chi connectivity index (χ1) is 10.7. The number of carboxylic acids is 1. The molecule has 23 heavy (non-hydrogen) atoms. The van der Waals surface area contributed by atoms with Crippen LogP contribution >= 0.6 is 0 Å². The van der Waals surface area contributed by atoms with Gasteiger partial charge in [0, 0.05) is 13.1 Å². The second kappa shape index (κ2) is 6.75. The molecule has 1 aromatic carbocycles. The Hall–Kier alpha value is -1.81. The van der Waals surface area contributed by atoms with Crippen molar-refractivity contribution in [2.45, 2.75) is 24.3 Å². The smallest absolute Gasteiger partial charge is 0.387 e. The molecule has 0 amide bonds. The Morgan fingerprint density at radius 2 is 2.09 bits per heavy atom. The van der Waals surface area contributed by atoms with Crippen molar-refractivity contribution >= 4 is 16.0 Å². The Bertz CT molecular complexity index is 695. The summed E-state index contributed by atoms with van der Waals surface area (Å²) in [5.41, 5.74) is 0. The maximum absolute atomic E-state index is 13.4. The van der Waals surface area contributed by atoms with Crippen LogP contribution in [0.1, 0.15) is 12.8 Å². The maximum Gasteiger partial charge on any atom is 0.387 e. The summed E-state index contributed by atoms with van der Waals surface area (Å²) in [6.07, 6.45) is 0.613. The summed E-state index contributed by atoms with van der Waals surface area (Å²) in [6.45, 7) is -3.55. The molecule has 1 fully saturated rings. The number of alkyl halides is 2. The van der Waals surface area contributed by atoms with Crippen LogP contribution in [0.25, 0.3) is 0 Å². The van der Waals surface area contributed by atoms with E-state index in [0.29, 0.717) is 18.9 Å². The third kappa shape index (κ3) is 3.94. The van der Waals surface area contributed by atoms with E-state index >= 15 is 0 Å². The third-order valence-corrected chi connectivity index (χ3v) is 5.36. The summed E-state index contributed by atoms with van der Waals surface area (Å²) in [5, 5.41) is 9.00. The van der Waals surface area contributed by atoms with Crippen LogP contribution < -0.4 is 4.74 Å². The molecule has 1 N–H and O–H groups in total. The lowest BCUT2D eigenvalue weighted by molar-refractivity contribution is -0.142. The molecule has 128 valence electrons. The summed E-state index contributed by atoms with van der Waals surface area (Å²) in [7, 11) is -4.36. The third-order valence-electron chi connectivity index (χ3n) is 3.47. The standard InChI is InChI=1S/C13H14F3NO5S/c14-9-3-4-10(22-13(15)16)11(6-9)23(20,21)17-5-1-2-8(7-17)12(18)19/h3-4,6,8,13H,1-2,5,7H2,(H,18,19). The van der Waals surface area contributed by atoms with Crippen LogP contribution in [-0.4, -0.2) is 43.5 Å². The summed E-state index contributed by atoms with van der Waals surface area (Å²) >= 11 is 0. The first kappa shape index (κ1) is 17.5. The van der Waals surface area contributed by atoms with Crippen molar-refractivity contribution in [1.82, 2.24) is 4.31 Å². The first-order valence-corrected chi connectivity index (χ1v) is 8.13. The highest BCUT2D eigenvalue weighted by Gasteiger charge is 2.35. The summed E-state index contributed by atoms with van der Waals surface area (Å²) in [6, 6.07) is 2.18. The van der Waals surface area contributed by atoms with Gasteiger partial charge in [-0.05, 0) is 31.0 Å². The van der Waals surface area contributed by atoms with Crippen molar-refractivity contribution in [3.05, 3.63) is 24.0 Å². The van der Waals surface area contributed by atoms with E-state index in [1.54, 1.807) is 0 Å². The molecule has 1 aromatic rings. The van der Waals surface area contributed by atoms with Gasteiger partial charge in [0.15, 0.2) is 0 Å². The van der Waals surface area contributed by atoms with Gasteiger partial charge in [-0.1, -0.05) is 0 Å². The van der Waals surface area contributed by atoms with Gasteiger partial charge >= 0.3 is 12.6 Å². The monoisotopic (exact) mass is 353 g/mol. The molecule has 6 nitrogen and oxygen atoms in total. The van der Waals surface area contributed by atoms with Gasteiger partial charge in [0.1, 0.15) is 16.5 Å². The lowest BCUT2D eigenvalue weighted by Gasteiger charge is -2.30. The number of nitrogens with zero attached hydrogens (tertiary/aromatic N) is 1. The van der Waals surface area contributed by atoms with Crippen LogP contribution in [0.3, 0.4) is 0 Å². The van der Waals surface area contributed by atoms with Crippen molar-refractivity contribution in [2.24, 2.45) is 5.92 Å². The quantitative estimate of drug-likeness (QED) is 0.874. The average Bonchev–Trinajstić information content (AvgIpc) is 2.48. The number of sulfonamides is 1. The normalized spacial score (nSPS) is 19.7. The van der Waals surface area contributed by atoms with Crippen LogP contribution in [-0.2, 0) is 14.8 Å². The molecule has 0 spiro atoms. The average molecular weight is 353 g/mol. The molecule has 1 unspecified atom stereocenters. The SMILES string of the molecule is O=C(O)C1CCCN(S(=O)(=O)c2cc(F)ccc2OC(F)F)C1. The Labute approximate surface area is 130 Å². The fourth-order valence-electron chi connectivity index (χ4n) is 2.38. The van der Waals surface area contributed by atoms with E-state index in [1.165, 1.54) is 0 Å². The number of rotatable bonds is 5. The zero-order chi connectivity index (χ0) is 17.2. The van der Waals surface area contributed by atoms with Crippen molar-refractivity contribution in [2.75, 3.05) is 13.1 Å². The molecule has 0 aliphatic carbocycles. The van der Waals surface area contributed by atoms with Gasteiger partial charge in [-0.3, -0.25) is 4.79 Å². The lowest BCUT2D eigenvalue weighted by atomic mass is 10.0. The molecule has 10 heteroatoms. The molecular weight excluding hydrogens is 339 g/mol. The van der Waals surface area contributed by atoms with Gasteiger partial charge in [-0.15, -0.1) is 0 Å². The van der Waals surface area contributed by atoms with E-state index in [0.717, 1.165) is 16.4 Å². The number of ether oxygens (including phenoxy) is 1. The van der Waals surface area contributed by atoms with Crippen molar-refractivity contribution in [1.29, 1.82) is 0 Å². The molecule has 1 saturated heterocycles. The Balaban J connectivity index is 2.39. The minimum atomic E-state index is -4.36. The number of benzene rings is 1. The minimum Gasteiger partial charge on any atom is -0.481 e. The molecule has 2 rings (SSSR count). The predicted molar refractivity (Wildman–Crippen MR) is 72.2 cm³/mol. The van der Waals surface area contributed by atoms with Gasteiger partial charge in [0.25, 0.3) is 0 Å². The Kier molecular flexibility index (Phi) is 5.15. The molecule has 1 heterocycles. The van der Waals surface area contributed by atoms with Gasteiger partial charge < -0.3 is 9.84 Å². The molecule has 0 bridgehead atoms. The second-order valence-electron chi connectivity index (χ2n) is 5.01. The predicted octanol–water partition coefficient (Wildman–Crippen LogP) is 1.91. The van der Waals surface area contributed by atoms with E-state index in [9.17, 15) is 26.4 Å². The summed E-state index contributed by atoms with van der Waals surface area (Å²) in [5.74, 6) is -3.66. The van der Waals surface area contributed by atoms with Crippen LogP contribution in [0.5, 0.6) is 5.75 Å². The number of carboxylic acid groups (broad SMARTS) is 1. The molecule has 1 atom stereocenters. The molecule has 0 radical (unpaired) electrons. The van der Waals surface area contributed by atoms with Crippen molar-refractivity contribution in [3.8, 4) is 5.75 Å². The van der Waals surface area contributed by atoms with Gasteiger partial charge in [0.2, 0.25) is 10.0 Å². The number of hydrogen-bond acceptors (Lipinski definition) is 4. The maximum atomic E-state index is 13.4. The molecule has 0 saturated carbocycles. The summed E-state index contributed by atoms with van der Waals surface area (Å²) in [4.78, 5) is 10.3. The Morgan fingerprint density at radius 3 is 2.70 bits per heavy atom. The zero-order valence-corrected chi connectivity index (χ0v) is 12.6. The first-order valence-electron chi connectivity index (χ1n) is 6.69. The largest absolute Gasteiger partial charge is 0.481 e. The van der Waals surface area contributed by atoms with Gasteiger partial charge in [-0.2, -0.15) is 13.1 Å². The number of aliphatic carboxylic acids is 1. The van der Waals surface area contributed by atoms with E-state index < -0.39 is 45.0 Å². The topological polar surface area (TPSA) is 83.9 Å². The lowest BCUT2D eigenvalue weighted by Crippen LogP contribution is -2.42. The van der Waals surface area contributed by atoms with E-state index in [4.69, 9.17) is 5.11 Å². The fourth-order valence-corrected chi connectivity index (χ4v) is 4.03. The molecule has 1 aliphatic rings. The summed E-state index contributed by atoms with van der Waals surface area (Å²) < 4.78 is 68.2. The molecular formula is C13H14F3NO5S. The van der Waals surface area contributed by atoms with Crippen LogP contribution in [0.4, 0.5) is 13.2 Å². The Morgan fingerprint density at radius 1 is 1.39 bits per heavy atom. The number of halogens is 3. The van der Waals surface area contributed by atoms with Gasteiger partial charge in [-0.25, -0.2) is 12.8 Å².